The summed E-state index contributed by atoms with van der Waals surface area (Å²) in [5.41, 5.74) is 0.909. The van der Waals surface area contributed by atoms with Gasteiger partial charge in [0, 0.05) is 0 Å². The van der Waals surface area contributed by atoms with E-state index in [-0.39, 0.29) is 5.75 Å². The lowest BCUT2D eigenvalue weighted by Crippen LogP contribution is -2.39. The van der Waals surface area contributed by atoms with Crippen molar-refractivity contribution in [2.75, 3.05) is 6.54 Å². The summed E-state index contributed by atoms with van der Waals surface area (Å²) in [6.45, 7) is 2.87. The van der Waals surface area contributed by atoms with Crippen molar-refractivity contribution in [3.63, 3.8) is 0 Å². The Kier molecular flexibility index (Phi) is 15.9. The zero-order valence-corrected chi connectivity index (χ0v) is 19.1. The molecule has 0 heterocycles. The van der Waals surface area contributed by atoms with Crippen LogP contribution < -0.4 is 5.32 Å². The predicted molar refractivity (Wildman–Crippen MR) is 131 cm³/mol. The van der Waals surface area contributed by atoms with Gasteiger partial charge in [-0.3, -0.25) is 4.79 Å². The molecule has 0 fully saturated rings. The Morgan fingerprint density at radius 1 is 0.871 bits per heavy atom. The van der Waals surface area contributed by atoms with E-state index < -0.39 is 12.0 Å². The summed E-state index contributed by atoms with van der Waals surface area (Å²) in [5, 5.41) is 21.9. The second kappa shape index (κ2) is 18.4. The molecule has 31 heavy (non-hydrogen) atoms. The number of aromatic hydroxyl groups is 1. The summed E-state index contributed by atoms with van der Waals surface area (Å²) >= 11 is 0. The number of phenols is 1. The maximum atomic E-state index is 11.4. The Bertz CT molecular complexity index is 662. The van der Waals surface area contributed by atoms with Gasteiger partial charge in [0.05, 0.1) is 0 Å². The van der Waals surface area contributed by atoms with E-state index in [1.807, 2.05) is 0 Å². The summed E-state index contributed by atoms with van der Waals surface area (Å²) in [6, 6.07) is 6.14. The Balaban J connectivity index is 1.99. The average molecular weight is 428 g/mol. The van der Waals surface area contributed by atoms with E-state index in [2.05, 4.69) is 48.7 Å². The van der Waals surface area contributed by atoms with Gasteiger partial charge in [-0.25, -0.2) is 0 Å². The molecule has 0 saturated heterocycles. The number of aliphatic carboxylic acids is 1. The molecule has 0 amide bonds. The van der Waals surface area contributed by atoms with Crippen LogP contribution in [0.15, 0.2) is 60.7 Å². The Hall–Kier alpha value is -2.33. The highest BCUT2D eigenvalue weighted by Gasteiger charge is 2.16. The van der Waals surface area contributed by atoms with Gasteiger partial charge in [0.1, 0.15) is 11.8 Å². The monoisotopic (exact) mass is 427 g/mol. The van der Waals surface area contributed by atoms with Gasteiger partial charge in [-0.15, -0.1) is 0 Å². The first kappa shape index (κ1) is 26.7. The molecule has 0 bridgehead atoms. The van der Waals surface area contributed by atoms with Crippen molar-refractivity contribution in [3.05, 3.63) is 66.3 Å². The summed E-state index contributed by atoms with van der Waals surface area (Å²) in [4.78, 5) is 11.4. The van der Waals surface area contributed by atoms with Crippen LogP contribution in [-0.4, -0.2) is 28.8 Å². The molecule has 1 aromatic carbocycles. The fourth-order valence-electron chi connectivity index (χ4n) is 3.31. The third kappa shape index (κ3) is 15.2. The minimum atomic E-state index is -0.829. The van der Waals surface area contributed by atoms with Crippen molar-refractivity contribution < 1.29 is 15.0 Å². The summed E-state index contributed by atoms with van der Waals surface area (Å²) < 4.78 is 0. The van der Waals surface area contributed by atoms with Crippen LogP contribution in [0, 0.1) is 0 Å². The van der Waals surface area contributed by atoms with Crippen molar-refractivity contribution in [2.24, 2.45) is 0 Å². The van der Waals surface area contributed by atoms with Crippen LogP contribution >= 0.6 is 0 Å². The van der Waals surface area contributed by atoms with E-state index in [0.29, 0.717) is 6.42 Å². The molecule has 0 aromatic heterocycles. The number of phenolic OH excluding ortho intramolecular Hbond substituents is 1. The third-order valence-electron chi connectivity index (χ3n) is 5.14. The van der Waals surface area contributed by atoms with E-state index in [1.165, 1.54) is 25.7 Å². The Morgan fingerprint density at radius 2 is 1.45 bits per heavy atom. The van der Waals surface area contributed by atoms with E-state index >= 15 is 0 Å². The lowest BCUT2D eigenvalue weighted by atomic mass is 10.1. The highest BCUT2D eigenvalue weighted by Crippen LogP contribution is 2.12. The van der Waals surface area contributed by atoms with E-state index in [0.717, 1.165) is 50.6 Å². The molecule has 0 aliphatic heterocycles. The largest absolute Gasteiger partial charge is 0.508 e. The molecular formula is C27H41NO3. The number of hydrogen-bond acceptors (Lipinski definition) is 3. The van der Waals surface area contributed by atoms with Crippen LogP contribution in [0.5, 0.6) is 5.75 Å². The molecule has 0 aliphatic carbocycles. The molecule has 172 valence electrons. The van der Waals surface area contributed by atoms with Crippen molar-refractivity contribution in [1.29, 1.82) is 0 Å². The number of rotatable bonds is 18. The van der Waals surface area contributed by atoms with Crippen molar-refractivity contribution >= 4 is 5.97 Å². The first-order valence-corrected chi connectivity index (χ1v) is 11.8. The van der Waals surface area contributed by atoms with E-state index in [4.69, 9.17) is 0 Å². The SMILES string of the molecule is CCC=CCC=CCC=CCCCCCCCCN[C@@H](Cc1ccc(O)cc1)C(=O)O. The van der Waals surface area contributed by atoms with E-state index in [1.54, 1.807) is 24.3 Å². The highest BCUT2D eigenvalue weighted by molar-refractivity contribution is 5.73. The summed E-state index contributed by atoms with van der Waals surface area (Å²) in [5.74, 6) is -0.632. The fraction of sp³-hybridized carbons (Fsp3) is 0.519. The molecule has 1 aromatic rings. The second-order valence-corrected chi connectivity index (χ2v) is 7.92. The minimum Gasteiger partial charge on any atom is -0.508 e. The number of unbranched alkanes of at least 4 members (excludes halogenated alkanes) is 6. The predicted octanol–water partition coefficient (Wildman–Crippen LogP) is 6.57. The van der Waals surface area contributed by atoms with Gasteiger partial charge in [0.15, 0.2) is 0 Å². The standard InChI is InChI=1S/C27H41NO3/c1-2-3-4-5-6-7-8-9-10-11-12-13-14-15-16-17-22-28-26(27(30)31)23-24-18-20-25(29)21-19-24/h3-4,6-7,9-10,18-21,26,28-29H,2,5,8,11-17,22-23H2,1H3,(H,30,31)/t26-/m0/s1. The van der Waals surface area contributed by atoms with Gasteiger partial charge in [-0.2, -0.15) is 0 Å². The van der Waals surface area contributed by atoms with E-state index in [9.17, 15) is 15.0 Å². The zero-order chi connectivity index (χ0) is 22.6. The molecular weight excluding hydrogens is 386 g/mol. The van der Waals surface area contributed by atoms with Crippen molar-refractivity contribution in [2.45, 2.75) is 83.6 Å². The summed E-state index contributed by atoms with van der Waals surface area (Å²) in [6.07, 6.45) is 25.2. The first-order chi connectivity index (χ1) is 15.1. The van der Waals surface area contributed by atoms with Crippen LogP contribution in [0.2, 0.25) is 0 Å². The van der Waals surface area contributed by atoms with Crippen LogP contribution in [0.4, 0.5) is 0 Å². The Morgan fingerprint density at radius 3 is 2.10 bits per heavy atom. The number of carbonyl (C=O) groups is 1. The van der Waals surface area contributed by atoms with Crippen LogP contribution in [0.3, 0.4) is 0 Å². The number of benzene rings is 1. The van der Waals surface area contributed by atoms with Gasteiger partial charge >= 0.3 is 5.97 Å². The molecule has 0 unspecified atom stereocenters. The Labute approximate surface area is 188 Å². The van der Waals surface area contributed by atoms with Crippen LogP contribution in [-0.2, 0) is 11.2 Å². The minimum absolute atomic E-state index is 0.197. The maximum absolute atomic E-state index is 11.4. The number of allylic oxidation sites excluding steroid dienone is 6. The third-order valence-corrected chi connectivity index (χ3v) is 5.14. The molecule has 0 radical (unpaired) electrons. The first-order valence-electron chi connectivity index (χ1n) is 11.8. The number of carboxylic acids is 1. The van der Waals surface area contributed by atoms with Crippen LogP contribution in [0.1, 0.15) is 76.7 Å². The number of carboxylic acid groups (broad SMARTS) is 1. The topological polar surface area (TPSA) is 69.6 Å². The number of nitrogens with one attached hydrogen (secondary N) is 1. The number of hydrogen-bond donors (Lipinski definition) is 3. The molecule has 4 heteroatoms. The zero-order valence-electron chi connectivity index (χ0n) is 19.1. The smallest absolute Gasteiger partial charge is 0.321 e. The molecule has 4 nitrogen and oxygen atoms in total. The molecule has 1 atom stereocenters. The van der Waals surface area contributed by atoms with Crippen LogP contribution in [0.25, 0.3) is 0 Å². The normalized spacial score (nSPS) is 12.9. The fourth-order valence-corrected chi connectivity index (χ4v) is 3.31. The maximum Gasteiger partial charge on any atom is 0.321 e. The molecule has 1 rings (SSSR count). The van der Waals surface area contributed by atoms with Gasteiger partial charge < -0.3 is 15.5 Å². The second-order valence-electron chi connectivity index (χ2n) is 7.92. The summed E-state index contributed by atoms with van der Waals surface area (Å²) in [7, 11) is 0. The lowest BCUT2D eigenvalue weighted by molar-refractivity contribution is -0.139. The van der Waals surface area contributed by atoms with Gasteiger partial charge in [-0.1, -0.05) is 81.2 Å². The molecule has 0 spiro atoms. The molecule has 0 saturated carbocycles. The van der Waals surface area contributed by atoms with Gasteiger partial charge in [0.2, 0.25) is 0 Å². The van der Waals surface area contributed by atoms with Crippen molar-refractivity contribution in [1.82, 2.24) is 5.32 Å². The lowest BCUT2D eigenvalue weighted by Gasteiger charge is -2.14. The highest BCUT2D eigenvalue weighted by atomic mass is 16.4. The van der Waals surface area contributed by atoms with Crippen molar-refractivity contribution in [3.8, 4) is 5.75 Å². The van der Waals surface area contributed by atoms with Gasteiger partial charge in [-0.05, 0) is 69.2 Å². The average Bonchev–Trinajstić information content (AvgIpc) is 2.76. The quantitative estimate of drug-likeness (QED) is 0.183. The van der Waals surface area contributed by atoms with Gasteiger partial charge in [0.25, 0.3) is 0 Å². The molecule has 0 aliphatic rings. The molecule has 3 N–H and O–H groups in total.